The van der Waals surface area contributed by atoms with Crippen LogP contribution in [0.2, 0.25) is 0 Å². The molecule has 4 rings (SSSR count). The molecule has 1 atom stereocenters. The van der Waals surface area contributed by atoms with Crippen LogP contribution in [0.3, 0.4) is 0 Å². The lowest BCUT2D eigenvalue weighted by Crippen LogP contribution is -2.72. The second-order valence-corrected chi connectivity index (χ2v) is 8.31. The first kappa shape index (κ1) is 23.2. The van der Waals surface area contributed by atoms with Crippen LogP contribution >= 0.6 is 0 Å². The number of hydrogen-bond acceptors (Lipinski definition) is 4. The highest BCUT2D eigenvalue weighted by Crippen LogP contribution is 2.46. The second-order valence-electron chi connectivity index (χ2n) is 8.31. The summed E-state index contributed by atoms with van der Waals surface area (Å²) >= 11 is 0. The van der Waals surface area contributed by atoms with Gasteiger partial charge in [-0.2, -0.15) is 0 Å². The molecule has 1 saturated heterocycles. The lowest BCUT2D eigenvalue weighted by Gasteiger charge is -2.51. The van der Waals surface area contributed by atoms with Gasteiger partial charge in [0.05, 0.1) is 0 Å². The fraction of sp³-hybridized carbons (Fsp3) is 0.250. The number of hydrogen-bond donors (Lipinski definition) is 1. The molecule has 174 valence electrons. The van der Waals surface area contributed by atoms with E-state index in [4.69, 9.17) is 4.84 Å². The number of rotatable bonds is 8. The van der Waals surface area contributed by atoms with Gasteiger partial charge < -0.3 is 10.2 Å². The summed E-state index contributed by atoms with van der Waals surface area (Å²) in [6.07, 6.45) is 0.321. The Morgan fingerprint density at radius 2 is 1.38 bits per heavy atom. The Morgan fingerprint density at radius 1 is 0.882 bits per heavy atom. The molecule has 0 saturated carbocycles. The van der Waals surface area contributed by atoms with E-state index in [0.29, 0.717) is 25.1 Å². The van der Waals surface area contributed by atoms with Crippen LogP contribution in [-0.2, 0) is 16.2 Å². The van der Waals surface area contributed by atoms with Gasteiger partial charge in [0.15, 0.2) is 0 Å². The summed E-state index contributed by atoms with van der Waals surface area (Å²) in [5.74, 6) is -0.232. The third-order valence-corrected chi connectivity index (χ3v) is 6.46. The number of nitrogens with zero attached hydrogens (tertiary/aromatic N) is 2. The summed E-state index contributed by atoms with van der Waals surface area (Å²) < 4.78 is 0. The molecule has 0 aromatic heterocycles. The van der Waals surface area contributed by atoms with Crippen LogP contribution in [0.1, 0.15) is 43.4 Å². The lowest BCUT2D eigenvalue weighted by atomic mass is 9.72. The standard InChI is InChI=1S/C28H29N3O3/c1-3-28(4-2)25(32)31(27(33)29-20-21-14-8-5-9-15-21)26(28)34-30-24(22-16-10-6-11-17-22)23-18-12-7-13-19-23/h5-19,26H,3-4,20H2,1-2H3,(H,29,33). The molecule has 1 unspecified atom stereocenters. The number of oxime groups is 1. The zero-order valence-electron chi connectivity index (χ0n) is 19.5. The minimum absolute atomic E-state index is 0.232. The van der Waals surface area contributed by atoms with Crippen LogP contribution in [-0.4, -0.2) is 28.8 Å². The first-order chi connectivity index (χ1) is 16.6. The minimum atomic E-state index is -0.786. The molecule has 1 fully saturated rings. The van der Waals surface area contributed by atoms with Gasteiger partial charge in [-0.15, -0.1) is 0 Å². The fourth-order valence-electron chi connectivity index (χ4n) is 4.31. The van der Waals surface area contributed by atoms with Crippen LogP contribution in [0.25, 0.3) is 0 Å². The van der Waals surface area contributed by atoms with Crippen LogP contribution < -0.4 is 5.32 Å². The van der Waals surface area contributed by atoms with Gasteiger partial charge in [-0.3, -0.25) is 4.79 Å². The Bertz CT molecular complexity index is 1100. The van der Waals surface area contributed by atoms with Gasteiger partial charge in [-0.1, -0.05) is 110 Å². The number of imide groups is 1. The zero-order chi connectivity index (χ0) is 24.0. The Kier molecular flexibility index (Phi) is 7.07. The molecular weight excluding hydrogens is 426 g/mol. The van der Waals surface area contributed by atoms with Crippen molar-refractivity contribution in [3.05, 3.63) is 108 Å². The zero-order valence-corrected chi connectivity index (χ0v) is 19.5. The number of carbonyl (C=O) groups is 2. The molecule has 1 N–H and O–H groups in total. The molecule has 0 aliphatic carbocycles. The van der Waals surface area contributed by atoms with E-state index in [0.717, 1.165) is 21.6 Å². The van der Waals surface area contributed by atoms with E-state index in [1.165, 1.54) is 0 Å². The van der Waals surface area contributed by atoms with E-state index < -0.39 is 17.7 Å². The molecule has 1 heterocycles. The van der Waals surface area contributed by atoms with Crippen LogP contribution in [0.15, 0.2) is 96.2 Å². The van der Waals surface area contributed by atoms with Gasteiger partial charge in [-0.25, -0.2) is 9.69 Å². The Labute approximate surface area is 200 Å². The van der Waals surface area contributed by atoms with Crippen LogP contribution in [0, 0.1) is 5.41 Å². The predicted molar refractivity (Wildman–Crippen MR) is 132 cm³/mol. The van der Waals surface area contributed by atoms with Gasteiger partial charge in [0, 0.05) is 17.7 Å². The van der Waals surface area contributed by atoms with Crippen molar-refractivity contribution < 1.29 is 14.4 Å². The molecule has 3 aromatic carbocycles. The average molecular weight is 456 g/mol. The van der Waals surface area contributed by atoms with Crippen molar-refractivity contribution in [2.24, 2.45) is 10.6 Å². The third-order valence-electron chi connectivity index (χ3n) is 6.46. The second kappa shape index (κ2) is 10.3. The number of β-lactam (4-membered cyclic amide) rings is 1. The summed E-state index contributed by atoms with van der Waals surface area (Å²) in [5, 5.41) is 7.34. The average Bonchev–Trinajstić information content (AvgIpc) is 2.89. The lowest BCUT2D eigenvalue weighted by molar-refractivity contribution is -0.210. The maximum absolute atomic E-state index is 13.1. The molecule has 34 heavy (non-hydrogen) atoms. The highest BCUT2D eigenvalue weighted by atomic mass is 16.7. The highest BCUT2D eigenvalue weighted by Gasteiger charge is 2.63. The molecule has 0 radical (unpaired) electrons. The normalized spacial score (nSPS) is 16.4. The summed E-state index contributed by atoms with van der Waals surface area (Å²) in [6.45, 7) is 4.20. The Morgan fingerprint density at radius 3 is 1.88 bits per heavy atom. The predicted octanol–water partition coefficient (Wildman–Crippen LogP) is 5.34. The van der Waals surface area contributed by atoms with Gasteiger partial charge in [-0.05, 0) is 18.4 Å². The highest BCUT2D eigenvalue weighted by molar-refractivity contribution is 6.12. The van der Waals surface area contributed by atoms with Crippen molar-refractivity contribution in [3.8, 4) is 0 Å². The van der Waals surface area contributed by atoms with Gasteiger partial charge in [0.25, 0.3) is 0 Å². The molecule has 3 amide bonds. The molecular formula is C28H29N3O3. The first-order valence-electron chi connectivity index (χ1n) is 11.6. The topological polar surface area (TPSA) is 71.0 Å². The van der Waals surface area contributed by atoms with E-state index in [-0.39, 0.29) is 5.91 Å². The number of likely N-dealkylation sites (tertiary alicyclic amines) is 1. The van der Waals surface area contributed by atoms with E-state index in [1.54, 1.807) is 0 Å². The number of nitrogens with one attached hydrogen (secondary N) is 1. The van der Waals surface area contributed by atoms with Crippen LogP contribution in [0.4, 0.5) is 4.79 Å². The van der Waals surface area contributed by atoms with Gasteiger partial charge in [0.1, 0.15) is 11.1 Å². The van der Waals surface area contributed by atoms with E-state index in [9.17, 15) is 9.59 Å². The summed E-state index contributed by atoms with van der Waals surface area (Å²) in [7, 11) is 0. The van der Waals surface area contributed by atoms with E-state index in [1.807, 2.05) is 105 Å². The maximum Gasteiger partial charge on any atom is 0.327 e. The van der Waals surface area contributed by atoms with Crippen molar-refractivity contribution in [2.75, 3.05) is 0 Å². The van der Waals surface area contributed by atoms with Gasteiger partial charge in [0.2, 0.25) is 12.1 Å². The fourth-order valence-corrected chi connectivity index (χ4v) is 4.31. The summed E-state index contributed by atoms with van der Waals surface area (Å²) in [5.41, 5.74) is 2.58. The molecule has 0 spiro atoms. The maximum atomic E-state index is 13.1. The molecule has 1 aliphatic heterocycles. The number of amides is 3. The number of benzene rings is 3. The van der Waals surface area contributed by atoms with Crippen LogP contribution in [0.5, 0.6) is 0 Å². The minimum Gasteiger partial charge on any atom is -0.368 e. The Balaban J connectivity index is 1.60. The third kappa shape index (κ3) is 4.44. The monoisotopic (exact) mass is 455 g/mol. The Hall–Kier alpha value is -3.93. The molecule has 6 heteroatoms. The van der Waals surface area contributed by atoms with Crippen molar-refractivity contribution in [3.63, 3.8) is 0 Å². The van der Waals surface area contributed by atoms with E-state index in [2.05, 4.69) is 10.5 Å². The largest absolute Gasteiger partial charge is 0.368 e. The molecule has 6 nitrogen and oxygen atoms in total. The first-order valence-corrected chi connectivity index (χ1v) is 11.6. The van der Waals surface area contributed by atoms with Gasteiger partial charge >= 0.3 is 6.03 Å². The number of urea groups is 1. The summed E-state index contributed by atoms with van der Waals surface area (Å²) in [6, 6.07) is 28.6. The molecule has 0 bridgehead atoms. The molecule has 3 aromatic rings. The van der Waals surface area contributed by atoms with Crippen molar-refractivity contribution in [1.82, 2.24) is 10.2 Å². The molecule has 1 aliphatic rings. The number of carbonyl (C=O) groups excluding carboxylic acids is 2. The van der Waals surface area contributed by atoms with Crippen molar-refractivity contribution in [1.29, 1.82) is 0 Å². The SMILES string of the molecule is CCC1(CC)C(=O)N(C(=O)NCc2ccccc2)C1ON=C(c1ccccc1)c1ccccc1. The summed E-state index contributed by atoms with van der Waals surface area (Å²) in [4.78, 5) is 33.3. The van der Waals surface area contributed by atoms with Crippen molar-refractivity contribution in [2.45, 2.75) is 39.5 Å². The van der Waals surface area contributed by atoms with Crippen molar-refractivity contribution >= 4 is 17.6 Å². The van der Waals surface area contributed by atoms with E-state index >= 15 is 0 Å². The quantitative estimate of drug-likeness (QED) is 0.283. The smallest absolute Gasteiger partial charge is 0.327 e.